The molecule has 0 N–H and O–H groups in total. The highest BCUT2D eigenvalue weighted by atomic mass is 127. The maximum atomic E-state index is 12.6. The topological polar surface area (TPSA) is 20.3 Å². The molecule has 0 atom stereocenters. The van der Waals surface area contributed by atoms with Crippen LogP contribution in [0.2, 0.25) is 9.36 Å². The van der Waals surface area contributed by atoms with Crippen molar-refractivity contribution in [1.82, 2.24) is 4.90 Å². The third-order valence-corrected chi connectivity index (χ3v) is 5.19. The normalized spacial score (nSPS) is 10.6. The van der Waals surface area contributed by atoms with Crippen molar-refractivity contribution in [2.45, 2.75) is 13.5 Å². The molecular formula is C14H12Cl2INOS. The van der Waals surface area contributed by atoms with Gasteiger partial charge in [-0.05, 0) is 59.8 Å². The van der Waals surface area contributed by atoms with Crippen molar-refractivity contribution in [2.24, 2.45) is 0 Å². The van der Waals surface area contributed by atoms with E-state index in [4.69, 9.17) is 23.2 Å². The van der Waals surface area contributed by atoms with Crippen molar-refractivity contribution in [3.8, 4) is 0 Å². The zero-order valence-corrected chi connectivity index (χ0v) is 15.2. The first kappa shape index (κ1) is 16.1. The first-order valence-electron chi connectivity index (χ1n) is 5.99. The van der Waals surface area contributed by atoms with Crippen molar-refractivity contribution < 1.29 is 4.79 Å². The van der Waals surface area contributed by atoms with Gasteiger partial charge in [0.05, 0.1) is 16.4 Å². The predicted octanol–water partition coefficient (Wildman–Crippen LogP) is 5.32. The lowest BCUT2D eigenvalue weighted by Gasteiger charge is -2.21. The Balaban J connectivity index is 2.22. The lowest BCUT2D eigenvalue weighted by Crippen LogP contribution is -2.30. The molecule has 1 heterocycles. The van der Waals surface area contributed by atoms with Crippen LogP contribution in [0.3, 0.4) is 0 Å². The maximum Gasteiger partial charge on any atom is 0.255 e. The summed E-state index contributed by atoms with van der Waals surface area (Å²) in [7, 11) is 0. The van der Waals surface area contributed by atoms with E-state index in [0.717, 1.165) is 12.8 Å². The molecule has 1 aromatic heterocycles. The van der Waals surface area contributed by atoms with Gasteiger partial charge in [0.25, 0.3) is 5.91 Å². The third kappa shape index (κ3) is 3.87. The maximum absolute atomic E-state index is 12.6. The highest BCUT2D eigenvalue weighted by Gasteiger charge is 2.18. The summed E-state index contributed by atoms with van der Waals surface area (Å²) in [4.78, 5) is 15.5. The molecule has 0 saturated heterocycles. The molecule has 1 aromatic carbocycles. The fourth-order valence-electron chi connectivity index (χ4n) is 1.78. The molecule has 0 radical (unpaired) electrons. The fourth-order valence-corrected chi connectivity index (χ4v) is 3.63. The molecule has 2 rings (SSSR count). The molecule has 0 aliphatic carbocycles. The van der Waals surface area contributed by atoms with Gasteiger partial charge in [-0.2, -0.15) is 0 Å². The first-order valence-corrected chi connectivity index (χ1v) is 8.65. The average molecular weight is 440 g/mol. The Bertz CT molecular complexity index is 629. The zero-order chi connectivity index (χ0) is 14.7. The van der Waals surface area contributed by atoms with E-state index in [1.165, 1.54) is 11.3 Å². The highest BCUT2D eigenvalue weighted by molar-refractivity contribution is 14.1. The van der Waals surface area contributed by atoms with Gasteiger partial charge in [-0.1, -0.05) is 23.2 Å². The van der Waals surface area contributed by atoms with E-state index < -0.39 is 0 Å². The summed E-state index contributed by atoms with van der Waals surface area (Å²) in [6.45, 7) is 3.16. The molecule has 20 heavy (non-hydrogen) atoms. The van der Waals surface area contributed by atoms with Crippen LogP contribution in [0.25, 0.3) is 0 Å². The van der Waals surface area contributed by atoms with Gasteiger partial charge in [-0.3, -0.25) is 4.79 Å². The van der Waals surface area contributed by atoms with Crippen LogP contribution in [0.5, 0.6) is 0 Å². The number of rotatable bonds is 4. The minimum atomic E-state index is -0.0103. The van der Waals surface area contributed by atoms with Crippen LogP contribution in [0.1, 0.15) is 22.2 Å². The smallest absolute Gasteiger partial charge is 0.255 e. The van der Waals surface area contributed by atoms with Gasteiger partial charge in [-0.15, -0.1) is 11.3 Å². The summed E-state index contributed by atoms with van der Waals surface area (Å²) >= 11 is 15.6. The monoisotopic (exact) mass is 439 g/mol. The minimum absolute atomic E-state index is 0.0103. The van der Waals surface area contributed by atoms with Gasteiger partial charge in [0, 0.05) is 20.0 Å². The largest absolute Gasteiger partial charge is 0.334 e. The van der Waals surface area contributed by atoms with Crippen LogP contribution in [0, 0.1) is 3.57 Å². The molecule has 0 unspecified atom stereocenters. The molecule has 0 fully saturated rings. The van der Waals surface area contributed by atoms with Gasteiger partial charge in [-0.25, -0.2) is 0 Å². The zero-order valence-electron chi connectivity index (χ0n) is 10.7. The molecule has 0 aliphatic heterocycles. The first-order chi connectivity index (χ1) is 9.51. The SMILES string of the molecule is CCN(Cc1ccc(Cl)s1)C(=O)c1cc(Cl)ccc1I. The molecule has 2 nitrogen and oxygen atoms in total. The fraction of sp³-hybridized carbons (Fsp3) is 0.214. The standard InChI is InChI=1S/C14H12Cl2INOS/c1-2-18(8-10-4-6-13(16)20-10)14(19)11-7-9(15)3-5-12(11)17/h3-7H,2,8H2,1H3. The van der Waals surface area contributed by atoms with E-state index in [-0.39, 0.29) is 5.91 Å². The second-order valence-electron chi connectivity index (χ2n) is 4.15. The van der Waals surface area contributed by atoms with Gasteiger partial charge in [0.15, 0.2) is 0 Å². The van der Waals surface area contributed by atoms with Crippen LogP contribution in [0.4, 0.5) is 0 Å². The van der Waals surface area contributed by atoms with Crippen LogP contribution in [-0.2, 0) is 6.54 Å². The molecule has 6 heteroatoms. The number of hydrogen-bond acceptors (Lipinski definition) is 2. The van der Waals surface area contributed by atoms with Crippen molar-refractivity contribution in [3.63, 3.8) is 0 Å². The molecule has 0 spiro atoms. The Hall–Kier alpha value is -0.300. The average Bonchev–Trinajstić information content (AvgIpc) is 2.83. The summed E-state index contributed by atoms with van der Waals surface area (Å²) < 4.78 is 1.64. The minimum Gasteiger partial charge on any atom is -0.334 e. The van der Waals surface area contributed by atoms with Gasteiger partial charge < -0.3 is 4.90 Å². The Morgan fingerprint density at radius 3 is 2.65 bits per heavy atom. The van der Waals surface area contributed by atoms with Crippen molar-refractivity contribution in [2.75, 3.05) is 6.54 Å². The molecule has 0 saturated carbocycles. The third-order valence-electron chi connectivity index (χ3n) is 2.80. The molecular weight excluding hydrogens is 428 g/mol. The van der Waals surface area contributed by atoms with Crippen LogP contribution in [0.15, 0.2) is 30.3 Å². The van der Waals surface area contributed by atoms with Gasteiger partial charge in [0.1, 0.15) is 0 Å². The van der Waals surface area contributed by atoms with Crippen molar-refractivity contribution >= 4 is 63.0 Å². The molecule has 0 bridgehead atoms. The van der Waals surface area contributed by atoms with Crippen LogP contribution < -0.4 is 0 Å². The summed E-state index contributed by atoms with van der Waals surface area (Å²) in [6, 6.07) is 9.16. The van der Waals surface area contributed by atoms with Crippen LogP contribution >= 0.6 is 57.1 Å². The second-order valence-corrected chi connectivity index (χ2v) is 7.55. The Labute approximate surface area is 145 Å². The summed E-state index contributed by atoms with van der Waals surface area (Å²) in [5, 5.41) is 0.573. The lowest BCUT2D eigenvalue weighted by atomic mass is 10.2. The summed E-state index contributed by atoms with van der Waals surface area (Å²) in [6.07, 6.45) is 0. The number of carbonyl (C=O) groups is 1. The quantitative estimate of drug-likeness (QED) is 0.590. The predicted molar refractivity (Wildman–Crippen MR) is 93.9 cm³/mol. The Morgan fingerprint density at radius 1 is 1.30 bits per heavy atom. The lowest BCUT2D eigenvalue weighted by molar-refractivity contribution is 0.0753. The second kappa shape index (κ2) is 7.11. The van der Waals surface area contributed by atoms with E-state index in [9.17, 15) is 4.79 Å². The number of benzene rings is 1. The van der Waals surface area contributed by atoms with E-state index in [0.29, 0.717) is 23.7 Å². The van der Waals surface area contributed by atoms with Gasteiger partial charge in [0.2, 0.25) is 0 Å². The number of nitrogens with zero attached hydrogens (tertiary/aromatic N) is 1. The van der Waals surface area contributed by atoms with Crippen molar-refractivity contribution in [1.29, 1.82) is 0 Å². The van der Waals surface area contributed by atoms with E-state index in [1.807, 2.05) is 25.1 Å². The van der Waals surface area contributed by atoms with Gasteiger partial charge >= 0.3 is 0 Å². The van der Waals surface area contributed by atoms with E-state index in [1.54, 1.807) is 17.0 Å². The summed E-state index contributed by atoms with van der Waals surface area (Å²) in [5.41, 5.74) is 0.641. The highest BCUT2D eigenvalue weighted by Crippen LogP contribution is 2.24. The van der Waals surface area contributed by atoms with Crippen LogP contribution in [-0.4, -0.2) is 17.4 Å². The number of thiophene rings is 1. The molecule has 0 aliphatic rings. The number of carbonyl (C=O) groups excluding carboxylic acids is 1. The molecule has 106 valence electrons. The Morgan fingerprint density at radius 2 is 2.05 bits per heavy atom. The molecule has 1 amide bonds. The Kier molecular flexibility index (Phi) is 5.72. The number of amides is 1. The number of halogens is 3. The van der Waals surface area contributed by atoms with E-state index >= 15 is 0 Å². The molecule has 2 aromatic rings. The number of hydrogen-bond donors (Lipinski definition) is 0. The van der Waals surface area contributed by atoms with Crippen molar-refractivity contribution in [3.05, 3.63) is 53.7 Å². The van der Waals surface area contributed by atoms with E-state index in [2.05, 4.69) is 22.6 Å². The summed E-state index contributed by atoms with van der Waals surface area (Å²) in [5.74, 6) is -0.0103.